The fourth-order valence-corrected chi connectivity index (χ4v) is 1.59. The molecule has 0 radical (unpaired) electrons. The average Bonchev–Trinajstić information content (AvgIpc) is 2.48. The van der Waals surface area contributed by atoms with Crippen molar-refractivity contribution in [1.29, 1.82) is 0 Å². The van der Waals surface area contributed by atoms with Crippen LogP contribution in [0.25, 0.3) is 0 Å². The zero-order valence-electron chi connectivity index (χ0n) is 10.1. The van der Waals surface area contributed by atoms with Crippen LogP contribution in [0.1, 0.15) is 5.69 Å². The topological polar surface area (TPSA) is 50.9 Å². The third-order valence-electron chi connectivity index (χ3n) is 2.50. The van der Waals surface area contributed by atoms with Crippen LogP contribution in [0, 0.1) is 29.1 Å². The lowest BCUT2D eigenvalue weighted by molar-refractivity contribution is 0.382. The van der Waals surface area contributed by atoms with Gasteiger partial charge in [-0.25, -0.2) is 22.0 Å². The van der Waals surface area contributed by atoms with Gasteiger partial charge in [0.15, 0.2) is 23.3 Å². The van der Waals surface area contributed by atoms with Crippen LogP contribution in [-0.4, -0.2) is 9.97 Å². The van der Waals surface area contributed by atoms with Crippen LogP contribution in [0.3, 0.4) is 0 Å². The lowest BCUT2D eigenvalue weighted by Gasteiger charge is -2.10. The maximum atomic E-state index is 13.5. The van der Waals surface area contributed by atoms with Gasteiger partial charge in [-0.2, -0.15) is 0 Å². The molecule has 2 rings (SSSR count). The van der Waals surface area contributed by atoms with E-state index in [2.05, 4.69) is 22.5 Å². The maximum Gasteiger partial charge on any atom is 0.200 e. The summed E-state index contributed by atoms with van der Waals surface area (Å²) >= 11 is 4.66. The summed E-state index contributed by atoms with van der Waals surface area (Å²) in [7, 11) is 0. The molecule has 1 aromatic carbocycles. The second kappa shape index (κ2) is 5.60. The number of halogens is 5. The highest BCUT2D eigenvalue weighted by atomic mass is 32.1. The zero-order valence-corrected chi connectivity index (χ0v) is 10.9. The van der Waals surface area contributed by atoms with Gasteiger partial charge in [0.1, 0.15) is 10.7 Å². The average molecular weight is 319 g/mol. The van der Waals surface area contributed by atoms with Gasteiger partial charge in [0.2, 0.25) is 5.82 Å². The Morgan fingerprint density at radius 3 is 1.90 bits per heavy atom. The maximum absolute atomic E-state index is 13.5. The minimum absolute atomic E-state index is 0.00166. The lowest BCUT2D eigenvalue weighted by atomic mass is 10.2. The normalized spacial score (nSPS) is 10.5. The highest BCUT2D eigenvalue weighted by Crippen LogP contribution is 2.29. The Morgan fingerprint density at radius 2 is 1.48 bits per heavy atom. The summed E-state index contributed by atoms with van der Waals surface area (Å²) in [6.07, 6.45) is 1.09. The second-order valence-corrected chi connectivity index (χ2v) is 4.31. The van der Waals surface area contributed by atoms with E-state index in [1.165, 1.54) is 12.1 Å². The molecule has 0 aliphatic heterocycles. The molecule has 0 unspecified atom stereocenters. The van der Waals surface area contributed by atoms with Crippen molar-refractivity contribution in [3.8, 4) is 0 Å². The number of nitrogens with zero attached hydrogens (tertiary/aromatic N) is 1. The number of hydrogen-bond acceptors (Lipinski definition) is 3. The van der Waals surface area contributed by atoms with E-state index in [-0.39, 0.29) is 16.4 Å². The van der Waals surface area contributed by atoms with Gasteiger partial charge in [-0.05, 0) is 12.1 Å². The van der Waals surface area contributed by atoms with E-state index in [0.717, 1.165) is 6.20 Å². The van der Waals surface area contributed by atoms with E-state index >= 15 is 0 Å². The summed E-state index contributed by atoms with van der Waals surface area (Å²) in [6, 6.07) is 2.61. The Hall–Kier alpha value is -2.29. The Kier molecular flexibility index (Phi) is 4.03. The molecule has 0 fully saturated rings. The molecule has 110 valence electrons. The molecule has 0 aliphatic rings. The van der Waals surface area contributed by atoms with Crippen LogP contribution in [0.15, 0.2) is 18.3 Å². The number of nitrogens with one attached hydrogen (secondary N) is 1. The fourth-order valence-electron chi connectivity index (χ4n) is 1.47. The number of aromatic nitrogens is 1. The van der Waals surface area contributed by atoms with E-state index in [4.69, 9.17) is 5.73 Å². The van der Waals surface area contributed by atoms with Crippen molar-refractivity contribution in [3.05, 3.63) is 53.1 Å². The van der Waals surface area contributed by atoms with Crippen molar-refractivity contribution in [2.24, 2.45) is 5.73 Å². The molecular weight excluding hydrogens is 313 g/mol. The zero-order chi connectivity index (χ0) is 15.7. The van der Waals surface area contributed by atoms with Crippen LogP contribution < -0.4 is 11.1 Å². The molecule has 9 heteroatoms. The SMILES string of the molecule is NC(=S)c1ccc(Nc2c(F)c(F)c(F)c(F)c2F)cn1. The molecule has 0 saturated heterocycles. The third-order valence-corrected chi connectivity index (χ3v) is 2.70. The van der Waals surface area contributed by atoms with Crippen LogP contribution in [-0.2, 0) is 0 Å². The van der Waals surface area contributed by atoms with Gasteiger partial charge in [-0.1, -0.05) is 12.2 Å². The summed E-state index contributed by atoms with van der Waals surface area (Å²) in [5, 5.41) is 2.07. The number of thiocarbonyl (C=S) groups is 1. The molecule has 3 N–H and O–H groups in total. The Bertz CT molecular complexity index is 689. The standard InChI is InChI=1S/C12H6F5N3S/c13-6-7(14)9(16)11(10(17)8(6)15)20-4-1-2-5(12(18)21)19-3-4/h1-3,20H,(H2,18,21). The number of nitrogens with two attached hydrogens (primary N) is 1. The molecule has 0 amide bonds. The van der Waals surface area contributed by atoms with Crippen LogP contribution in [0.2, 0.25) is 0 Å². The van der Waals surface area contributed by atoms with Crippen molar-refractivity contribution in [2.45, 2.75) is 0 Å². The van der Waals surface area contributed by atoms with Gasteiger partial charge in [0, 0.05) is 0 Å². The lowest BCUT2D eigenvalue weighted by Crippen LogP contribution is -2.11. The quantitative estimate of drug-likeness (QED) is 0.395. The minimum atomic E-state index is -2.22. The first-order valence-corrected chi connectivity index (χ1v) is 5.78. The van der Waals surface area contributed by atoms with Crippen molar-refractivity contribution < 1.29 is 22.0 Å². The molecule has 0 saturated carbocycles. The number of benzene rings is 1. The summed E-state index contributed by atoms with van der Waals surface area (Å²) in [6.45, 7) is 0. The largest absolute Gasteiger partial charge is 0.388 e. The molecule has 3 nitrogen and oxygen atoms in total. The van der Waals surface area contributed by atoms with Crippen molar-refractivity contribution in [3.63, 3.8) is 0 Å². The van der Waals surface area contributed by atoms with E-state index in [1.807, 2.05) is 0 Å². The predicted molar refractivity (Wildman–Crippen MR) is 69.6 cm³/mol. The molecule has 0 atom stereocenters. The number of hydrogen-bond donors (Lipinski definition) is 2. The highest BCUT2D eigenvalue weighted by Gasteiger charge is 2.25. The van der Waals surface area contributed by atoms with E-state index in [9.17, 15) is 22.0 Å². The summed E-state index contributed by atoms with van der Waals surface area (Å²) in [5.74, 6) is -10.2. The molecule has 21 heavy (non-hydrogen) atoms. The van der Waals surface area contributed by atoms with Crippen molar-refractivity contribution in [1.82, 2.24) is 4.98 Å². The van der Waals surface area contributed by atoms with Crippen LogP contribution >= 0.6 is 12.2 Å². The fraction of sp³-hybridized carbons (Fsp3) is 0. The van der Waals surface area contributed by atoms with Gasteiger partial charge in [-0.15, -0.1) is 0 Å². The number of pyridine rings is 1. The summed E-state index contributed by atoms with van der Waals surface area (Å²) in [5.41, 5.74) is 4.38. The predicted octanol–water partition coefficient (Wildman–Crippen LogP) is 3.15. The molecule has 2 aromatic rings. The van der Waals surface area contributed by atoms with Crippen molar-refractivity contribution in [2.75, 3.05) is 5.32 Å². The number of rotatable bonds is 3. The first kappa shape index (κ1) is 15.1. The van der Waals surface area contributed by atoms with Gasteiger partial charge in [-0.3, -0.25) is 4.98 Å². The van der Waals surface area contributed by atoms with Crippen LogP contribution in [0.4, 0.5) is 33.3 Å². The van der Waals surface area contributed by atoms with Gasteiger partial charge < -0.3 is 11.1 Å². The monoisotopic (exact) mass is 319 g/mol. The molecule has 1 aromatic heterocycles. The van der Waals surface area contributed by atoms with E-state index in [1.54, 1.807) is 0 Å². The molecule has 0 bridgehead atoms. The Labute approximate surface area is 120 Å². The Balaban J connectivity index is 2.42. The molecule has 1 heterocycles. The van der Waals surface area contributed by atoms with E-state index < -0.39 is 34.8 Å². The summed E-state index contributed by atoms with van der Waals surface area (Å²) in [4.78, 5) is 3.76. The van der Waals surface area contributed by atoms with Crippen molar-refractivity contribution >= 4 is 28.6 Å². The van der Waals surface area contributed by atoms with Gasteiger partial charge >= 0.3 is 0 Å². The Morgan fingerprint density at radius 1 is 0.952 bits per heavy atom. The summed E-state index contributed by atoms with van der Waals surface area (Å²) < 4.78 is 65.8. The van der Waals surface area contributed by atoms with Crippen LogP contribution in [0.5, 0.6) is 0 Å². The molecule has 0 spiro atoms. The number of anilines is 2. The smallest absolute Gasteiger partial charge is 0.200 e. The van der Waals surface area contributed by atoms with E-state index in [0.29, 0.717) is 0 Å². The molecule has 0 aliphatic carbocycles. The minimum Gasteiger partial charge on any atom is -0.388 e. The van der Waals surface area contributed by atoms with Gasteiger partial charge in [0.25, 0.3) is 0 Å². The third kappa shape index (κ3) is 2.77. The first-order chi connectivity index (χ1) is 9.82. The highest BCUT2D eigenvalue weighted by molar-refractivity contribution is 7.80. The van der Waals surface area contributed by atoms with Gasteiger partial charge in [0.05, 0.1) is 17.6 Å². The first-order valence-electron chi connectivity index (χ1n) is 5.37. The second-order valence-electron chi connectivity index (χ2n) is 3.87. The molecular formula is C12H6F5N3S.